The molecule has 1 atom stereocenters. The SMILES string of the molecule is CCOc1ccccc1N1C[C@H](C(=O)N2CCNC(=O)CC2)CC1=O. The van der Waals surface area contributed by atoms with Gasteiger partial charge in [-0.05, 0) is 19.1 Å². The van der Waals surface area contributed by atoms with Crippen molar-refractivity contribution in [1.82, 2.24) is 10.2 Å². The molecule has 0 unspecified atom stereocenters. The number of nitrogens with zero attached hydrogens (tertiary/aromatic N) is 2. The van der Waals surface area contributed by atoms with Crippen molar-refractivity contribution >= 4 is 23.4 Å². The maximum atomic E-state index is 12.8. The predicted octanol–water partition coefficient (Wildman–Crippen LogP) is 0.787. The molecule has 2 heterocycles. The number of carbonyl (C=O) groups excluding carboxylic acids is 3. The summed E-state index contributed by atoms with van der Waals surface area (Å²) in [6.07, 6.45) is 0.500. The number of amides is 3. The zero-order valence-electron chi connectivity index (χ0n) is 14.4. The van der Waals surface area contributed by atoms with E-state index in [0.29, 0.717) is 50.6 Å². The second-order valence-electron chi connectivity index (χ2n) is 6.23. The van der Waals surface area contributed by atoms with Gasteiger partial charge in [-0.3, -0.25) is 14.4 Å². The predicted molar refractivity (Wildman–Crippen MR) is 92.3 cm³/mol. The van der Waals surface area contributed by atoms with Gasteiger partial charge in [-0.2, -0.15) is 0 Å². The number of benzene rings is 1. The third-order valence-corrected chi connectivity index (χ3v) is 4.55. The maximum absolute atomic E-state index is 12.8. The van der Waals surface area contributed by atoms with Crippen LogP contribution in [0.4, 0.5) is 5.69 Å². The molecule has 1 aromatic rings. The summed E-state index contributed by atoms with van der Waals surface area (Å²) in [5, 5.41) is 2.76. The summed E-state index contributed by atoms with van der Waals surface area (Å²) in [6, 6.07) is 7.38. The minimum atomic E-state index is -0.379. The molecule has 0 spiro atoms. The van der Waals surface area contributed by atoms with Crippen molar-refractivity contribution in [2.75, 3.05) is 37.7 Å². The third-order valence-electron chi connectivity index (χ3n) is 4.55. The molecule has 2 aliphatic rings. The molecule has 0 aromatic heterocycles. The molecule has 0 bridgehead atoms. The van der Waals surface area contributed by atoms with E-state index in [4.69, 9.17) is 4.74 Å². The number of hydrogen-bond donors (Lipinski definition) is 1. The first-order valence-corrected chi connectivity index (χ1v) is 8.67. The van der Waals surface area contributed by atoms with Crippen LogP contribution in [0.5, 0.6) is 5.75 Å². The van der Waals surface area contributed by atoms with Gasteiger partial charge in [0.05, 0.1) is 18.2 Å². The summed E-state index contributed by atoms with van der Waals surface area (Å²) in [5.74, 6) is 0.104. The number of anilines is 1. The summed E-state index contributed by atoms with van der Waals surface area (Å²) >= 11 is 0. The molecule has 2 fully saturated rings. The smallest absolute Gasteiger partial charge is 0.228 e. The van der Waals surface area contributed by atoms with Crippen molar-refractivity contribution in [3.05, 3.63) is 24.3 Å². The minimum Gasteiger partial charge on any atom is -0.492 e. The van der Waals surface area contributed by atoms with Crippen molar-refractivity contribution in [2.45, 2.75) is 19.8 Å². The van der Waals surface area contributed by atoms with Gasteiger partial charge in [0, 0.05) is 39.0 Å². The van der Waals surface area contributed by atoms with Gasteiger partial charge in [-0.25, -0.2) is 0 Å². The summed E-state index contributed by atoms with van der Waals surface area (Å²) in [5.41, 5.74) is 0.706. The Bertz CT molecular complexity index is 676. The van der Waals surface area contributed by atoms with Gasteiger partial charge in [0.15, 0.2) is 0 Å². The van der Waals surface area contributed by atoms with E-state index in [2.05, 4.69) is 5.32 Å². The van der Waals surface area contributed by atoms with Crippen LogP contribution < -0.4 is 15.0 Å². The van der Waals surface area contributed by atoms with Crippen molar-refractivity contribution in [1.29, 1.82) is 0 Å². The zero-order chi connectivity index (χ0) is 17.8. The van der Waals surface area contributed by atoms with Crippen LogP contribution in [-0.2, 0) is 14.4 Å². The van der Waals surface area contributed by atoms with Gasteiger partial charge >= 0.3 is 0 Å². The van der Waals surface area contributed by atoms with Gasteiger partial charge in [0.1, 0.15) is 5.75 Å². The number of ether oxygens (including phenoxy) is 1. The van der Waals surface area contributed by atoms with E-state index in [9.17, 15) is 14.4 Å². The summed E-state index contributed by atoms with van der Waals surface area (Å²) in [4.78, 5) is 40.0. The summed E-state index contributed by atoms with van der Waals surface area (Å²) < 4.78 is 5.60. The Balaban J connectivity index is 1.72. The van der Waals surface area contributed by atoms with E-state index in [0.717, 1.165) is 0 Å². The normalized spacial score (nSPS) is 21.1. The highest BCUT2D eigenvalue weighted by molar-refractivity contribution is 6.01. The maximum Gasteiger partial charge on any atom is 0.228 e. The van der Waals surface area contributed by atoms with E-state index in [-0.39, 0.29) is 30.1 Å². The standard InChI is InChI=1S/C18H23N3O4/c1-2-25-15-6-4-3-5-14(15)21-12-13(11-17(21)23)18(24)20-9-7-16(22)19-8-10-20/h3-6,13H,2,7-12H2,1H3,(H,19,22)/t13-/m1/s1. The monoisotopic (exact) mass is 345 g/mol. The van der Waals surface area contributed by atoms with Gasteiger partial charge in [0.2, 0.25) is 17.7 Å². The lowest BCUT2D eigenvalue weighted by molar-refractivity contribution is -0.135. The lowest BCUT2D eigenvalue weighted by Crippen LogP contribution is -2.39. The Morgan fingerprint density at radius 3 is 2.88 bits per heavy atom. The van der Waals surface area contributed by atoms with Crippen LogP contribution in [0.15, 0.2) is 24.3 Å². The Labute approximate surface area is 146 Å². The second kappa shape index (κ2) is 7.55. The van der Waals surface area contributed by atoms with Gasteiger partial charge in [0.25, 0.3) is 0 Å². The molecule has 2 saturated heterocycles. The molecule has 7 nitrogen and oxygen atoms in total. The van der Waals surface area contributed by atoms with Crippen LogP contribution in [0.2, 0.25) is 0 Å². The minimum absolute atomic E-state index is 0.0370. The molecular formula is C18H23N3O4. The zero-order valence-corrected chi connectivity index (χ0v) is 14.4. The summed E-state index contributed by atoms with van der Waals surface area (Å²) in [7, 11) is 0. The highest BCUT2D eigenvalue weighted by Crippen LogP contribution is 2.33. The van der Waals surface area contributed by atoms with Crippen LogP contribution in [0, 0.1) is 5.92 Å². The average molecular weight is 345 g/mol. The molecule has 1 aromatic carbocycles. The lowest BCUT2D eigenvalue weighted by atomic mass is 10.1. The van der Waals surface area contributed by atoms with Gasteiger partial charge in [-0.15, -0.1) is 0 Å². The van der Waals surface area contributed by atoms with Gasteiger partial charge < -0.3 is 19.9 Å². The average Bonchev–Trinajstić information content (AvgIpc) is 2.86. The van der Waals surface area contributed by atoms with Crippen LogP contribution in [0.3, 0.4) is 0 Å². The number of carbonyl (C=O) groups is 3. The second-order valence-corrected chi connectivity index (χ2v) is 6.23. The van der Waals surface area contributed by atoms with Crippen LogP contribution >= 0.6 is 0 Å². The van der Waals surface area contributed by atoms with E-state index in [1.807, 2.05) is 31.2 Å². The van der Waals surface area contributed by atoms with Crippen LogP contribution in [0.1, 0.15) is 19.8 Å². The quantitative estimate of drug-likeness (QED) is 0.875. The number of nitrogens with one attached hydrogen (secondary N) is 1. The molecule has 25 heavy (non-hydrogen) atoms. The molecule has 134 valence electrons. The first-order valence-electron chi connectivity index (χ1n) is 8.67. The first kappa shape index (κ1) is 17.3. The van der Waals surface area contributed by atoms with Gasteiger partial charge in [-0.1, -0.05) is 12.1 Å². The van der Waals surface area contributed by atoms with Crippen molar-refractivity contribution in [2.24, 2.45) is 5.92 Å². The van der Waals surface area contributed by atoms with E-state index < -0.39 is 0 Å². The van der Waals surface area contributed by atoms with E-state index >= 15 is 0 Å². The topological polar surface area (TPSA) is 79.0 Å². The highest BCUT2D eigenvalue weighted by Gasteiger charge is 2.38. The lowest BCUT2D eigenvalue weighted by Gasteiger charge is -2.24. The molecule has 2 aliphatic heterocycles. The Kier molecular flexibility index (Phi) is 5.21. The molecule has 3 rings (SSSR count). The molecule has 7 heteroatoms. The molecule has 0 aliphatic carbocycles. The van der Waals surface area contributed by atoms with Crippen molar-refractivity contribution in [3.63, 3.8) is 0 Å². The Morgan fingerprint density at radius 1 is 1.28 bits per heavy atom. The van der Waals surface area contributed by atoms with Crippen LogP contribution in [-0.4, -0.2) is 55.4 Å². The summed E-state index contributed by atoms with van der Waals surface area (Å²) in [6.45, 7) is 4.11. The number of rotatable bonds is 4. The molecule has 0 saturated carbocycles. The van der Waals surface area contributed by atoms with E-state index in [1.54, 1.807) is 9.80 Å². The van der Waals surface area contributed by atoms with Crippen molar-refractivity contribution < 1.29 is 19.1 Å². The fraction of sp³-hybridized carbons (Fsp3) is 0.500. The molecule has 1 N–H and O–H groups in total. The molecular weight excluding hydrogens is 322 g/mol. The van der Waals surface area contributed by atoms with E-state index in [1.165, 1.54) is 0 Å². The first-order chi connectivity index (χ1) is 12.1. The number of hydrogen-bond acceptors (Lipinski definition) is 4. The molecule has 0 radical (unpaired) electrons. The fourth-order valence-corrected chi connectivity index (χ4v) is 3.31. The number of para-hydroxylation sites is 2. The Hall–Kier alpha value is -2.57. The van der Waals surface area contributed by atoms with Crippen LogP contribution in [0.25, 0.3) is 0 Å². The molecule has 3 amide bonds. The van der Waals surface area contributed by atoms with Crippen molar-refractivity contribution in [3.8, 4) is 5.75 Å². The third kappa shape index (κ3) is 3.75. The fourth-order valence-electron chi connectivity index (χ4n) is 3.31. The largest absolute Gasteiger partial charge is 0.492 e. The highest BCUT2D eigenvalue weighted by atomic mass is 16.5. The Morgan fingerprint density at radius 2 is 2.08 bits per heavy atom.